The zero-order chi connectivity index (χ0) is 15.6. The van der Waals surface area contributed by atoms with Crippen LogP contribution in [0.5, 0.6) is 5.75 Å². The molecule has 1 heterocycles. The van der Waals surface area contributed by atoms with E-state index in [1.807, 2.05) is 6.07 Å². The summed E-state index contributed by atoms with van der Waals surface area (Å²) in [6.45, 7) is 0.304. The van der Waals surface area contributed by atoms with Crippen LogP contribution in [0.3, 0.4) is 0 Å². The Morgan fingerprint density at radius 3 is 2.57 bits per heavy atom. The number of halogens is 2. The molecule has 0 aliphatic heterocycles. The van der Waals surface area contributed by atoms with E-state index < -0.39 is 10.0 Å². The predicted molar refractivity (Wildman–Crippen MR) is 85.8 cm³/mol. The van der Waals surface area contributed by atoms with Gasteiger partial charge in [0.05, 0.1) is 23.8 Å². The van der Waals surface area contributed by atoms with Crippen molar-refractivity contribution in [1.82, 2.24) is 0 Å². The molecule has 0 amide bonds. The minimum atomic E-state index is -3.82. The standard InChI is InChI=1S/C12H12Br2N2O4S/c1-19-11-5-10(8(13)4-9(11)14)16-6-7-2-3-12(20-7)21(15,17)18/h2-5,16H,6H2,1H3,(H2,15,17,18). The van der Waals surface area contributed by atoms with Crippen molar-refractivity contribution in [2.45, 2.75) is 11.6 Å². The number of anilines is 1. The van der Waals surface area contributed by atoms with Gasteiger partial charge in [0.15, 0.2) is 0 Å². The monoisotopic (exact) mass is 438 g/mol. The third kappa shape index (κ3) is 4.00. The number of methoxy groups -OCH3 is 1. The highest BCUT2D eigenvalue weighted by molar-refractivity contribution is 9.11. The van der Waals surface area contributed by atoms with Crippen molar-refractivity contribution in [3.05, 3.63) is 39.0 Å². The predicted octanol–water partition coefficient (Wildman–Crippen LogP) is 3.07. The Bertz CT molecular complexity index is 759. The number of nitrogens with one attached hydrogen (secondary N) is 1. The molecule has 0 saturated heterocycles. The Morgan fingerprint density at radius 2 is 2.00 bits per heavy atom. The van der Waals surface area contributed by atoms with E-state index in [0.717, 1.165) is 14.6 Å². The fraction of sp³-hybridized carbons (Fsp3) is 0.167. The summed E-state index contributed by atoms with van der Waals surface area (Å²) in [6.07, 6.45) is 0. The van der Waals surface area contributed by atoms with Gasteiger partial charge in [-0.25, -0.2) is 13.6 Å². The average Bonchev–Trinajstić information content (AvgIpc) is 2.86. The maximum Gasteiger partial charge on any atom is 0.271 e. The molecular formula is C12H12Br2N2O4S. The second-order valence-electron chi connectivity index (χ2n) is 4.09. The van der Waals surface area contributed by atoms with E-state index in [1.54, 1.807) is 19.2 Å². The second kappa shape index (κ2) is 6.39. The van der Waals surface area contributed by atoms with Crippen molar-refractivity contribution in [2.24, 2.45) is 5.14 Å². The molecule has 0 fully saturated rings. The summed E-state index contributed by atoms with van der Waals surface area (Å²) in [5, 5.41) is 7.85. The fourth-order valence-corrected chi connectivity index (χ4v) is 3.39. The van der Waals surface area contributed by atoms with Crippen LogP contribution < -0.4 is 15.2 Å². The molecule has 1 aromatic carbocycles. The maximum absolute atomic E-state index is 11.1. The highest BCUT2D eigenvalue weighted by Gasteiger charge is 2.13. The van der Waals surface area contributed by atoms with Crippen LogP contribution in [0.15, 0.2) is 42.7 Å². The molecule has 0 spiro atoms. The van der Waals surface area contributed by atoms with Gasteiger partial charge in [0.1, 0.15) is 11.5 Å². The van der Waals surface area contributed by atoms with Crippen molar-refractivity contribution in [2.75, 3.05) is 12.4 Å². The van der Waals surface area contributed by atoms with Crippen LogP contribution in [-0.2, 0) is 16.6 Å². The van der Waals surface area contributed by atoms with E-state index in [9.17, 15) is 8.42 Å². The zero-order valence-corrected chi connectivity index (χ0v) is 14.9. The summed E-state index contributed by atoms with van der Waals surface area (Å²) >= 11 is 6.81. The van der Waals surface area contributed by atoms with Crippen LogP contribution in [0.25, 0.3) is 0 Å². The molecule has 0 atom stereocenters. The van der Waals surface area contributed by atoms with Gasteiger partial charge in [0, 0.05) is 10.5 Å². The number of furan rings is 1. The number of sulfonamides is 1. The van der Waals surface area contributed by atoms with Crippen LogP contribution in [0.2, 0.25) is 0 Å². The van der Waals surface area contributed by atoms with E-state index in [0.29, 0.717) is 18.1 Å². The van der Waals surface area contributed by atoms with Crippen LogP contribution in [0.4, 0.5) is 5.69 Å². The Hall–Kier alpha value is -1.03. The number of benzene rings is 1. The van der Waals surface area contributed by atoms with Gasteiger partial charge in [-0.2, -0.15) is 0 Å². The molecule has 0 saturated carbocycles. The minimum Gasteiger partial charge on any atom is -0.495 e. The Labute approximate surface area is 139 Å². The lowest BCUT2D eigenvalue weighted by Gasteiger charge is -2.11. The summed E-state index contributed by atoms with van der Waals surface area (Å²) in [7, 11) is -2.25. The molecule has 2 aromatic rings. The first-order valence-electron chi connectivity index (χ1n) is 5.69. The number of rotatable bonds is 5. The van der Waals surface area contributed by atoms with Crippen LogP contribution >= 0.6 is 31.9 Å². The molecule has 2 rings (SSSR count). The van der Waals surface area contributed by atoms with E-state index in [-0.39, 0.29) is 5.09 Å². The summed E-state index contributed by atoms with van der Waals surface area (Å²) in [5.41, 5.74) is 0.781. The van der Waals surface area contributed by atoms with Crippen molar-refractivity contribution < 1.29 is 17.6 Å². The van der Waals surface area contributed by atoms with Crippen LogP contribution in [-0.4, -0.2) is 15.5 Å². The molecule has 0 aliphatic carbocycles. The smallest absolute Gasteiger partial charge is 0.271 e. The van der Waals surface area contributed by atoms with Crippen molar-refractivity contribution >= 4 is 47.6 Å². The maximum atomic E-state index is 11.1. The molecule has 21 heavy (non-hydrogen) atoms. The van der Waals surface area contributed by atoms with Gasteiger partial charge in [0.2, 0.25) is 5.09 Å². The SMILES string of the molecule is COc1cc(NCc2ccc(S(N)(=O)=O)o2)c(Br)cc1Br. The minimum absolute atomic E-state index is 0.258. The van der Waals surface area contributed by atoms with E-state index >= 15 is 0 Å². The first-order valence-corrected chi connectivity index (χ1v) is 8.83. The van der Waals surface area contributed by atoms with Crippen molar-refractivity contribution in [1.29, 1.82) is 0 Å². The van der Waals surface area contributed by atoms with Gasteiger partial charge in [-0.1, -0.05) is 0 Å². The Kier molecular flexibility index (Phi) is 4.97. The lowest BCUT2D eigenvalue weighted by Crippen LogP contribution is -2.10. The molecule has 0 aliphatic rings. The quantitative estimate of drug-likeness (QED) is 0.746. The molecule has 6 nitrogen and oxygen atoms in total. The van der Waals surface area contributed by atoms with E-state index in [2.05, 4.69) is 37.2 Å². The normalized spacial score (nSPS) is 11.4. The number of primary sulfonamides is 1. The molecule has 3 N–H and O–H groups in total. The number of nitrogens with two attached hydrogens (primary N) is 1. The molecule has 1 aromatic heterocycles. The largest absolute Gasteiger partial charge is 0.495 e. The fourth-order valence-electron chi connectivity index (χ4n) is 1.61. The van der Waals surface area contributed by atoms with Crippen LogP contribution in [0, 0.1) is 0 Å². The lowest BCUT2D eigenvalue weighted by molar-refractivity contribution is 0.412. The van der Waals surface area contributed by atoms with Crippen molar-refractivity contribution in [3.63, 3.8) is 0 Å². The first kappa shape index (κ1) is 16.3. The molecule has 0 unspecified atom stereocenters. The molecular weight excluding hydrogens is 428 g/mol. The summed E-state index contributed by atoms with van der Waals surface area (Å²) in [4.78, 5) is 0. The topological polar surface area (TPSA) is 94.6 Å². The van der Waals surface area contributed by atoms with Gasteiger partial charge in [-0.3, -0.25) is 0 Å². The van der Waals surface area contributed by atoms with Gasteiger partial charge in [-0.05, 0) is 50.1 Å². The van der Waals surface area contributed by atoms with Crippen molar-refractivity contribution in [3.8, 4) is 5.75 Å². The highest BCUT2D eigenvalue weighted by Crippen LogP contribution is 2.34. The summed E-state index contributed by atoms with van der Waals surface area (Å²) < 4.78 is 34.3. The number of ether oxygens (including phenoxy) is 1. The summed E-state index contributed by atoms with van der Waals surface area (Å²) in [5.74, 6) is 1.12. The molecule has 0 bridgehead atoms. The van der Waals surface area contributed by atoms with E-state index in [1.165, 1.54) is 6.07 Å². The van der Waals surface area contributed by atoms with Gasteiger partial charge in [0.25, 0.3) is 10.0 Å². The first-order chi connectivity index (χ1) is 9.81. The highest BCUT2D eigenvalue weighted by atomic mass is 79.9. The zero-order valence-electron chi connectivity index (χ0n) is 10.9. The summed E-state index contributed by atoms with van der Waals surface area (Å²) in [6, 6.07) is 6.52. The third-order valence-electron chi connectivity index (χ3n) is 2.61. The second-order valence-corrected chi connectivity index (χ2v) is 7.29. The Balaban J connectivity index is 2.15. The Morgan fingerprint density at radius 1 is 1.29 bits per heavy atom. The van der Waals surface area contributed by atoms with Gasteiger partial charge in [-0.15, -0.1) is 0 Å². The lowest BCUT2D eigenvalue weighted by atomic mass is 10.3. The number of hydrogen-bond donors (Lipinski definition) is 2. The van der Waals surface area contributed by atoms with Crippen LogP contribution in [0.1, 0.15) is 5.76 Å². The van der Waals surface area contributed by atoms with Gasteiger partial charge < -0.3 is 14.5 Å². The number of hydrogen-bond acceptors (Lipinski definition) is 5. The average molecular weight is 440 g/mol. The van der Waals surface area contributed by atoms with E-state index in [4.69, 9.17) is 14.3 Å². The molecule has 9 heteroatoms. The molecule has 0 radical (unpaired) electrons. The van der Waals surface area contributed by atoms with Gasteiger partial charge >= 0.3 is 0 Å². The molecule has 114 valence electrons. The third-order valence-corrected chi connectivity index (χ3v) is 4.67.